The fourth-order valence-electron chi connectivity index (χ4n) is 4.34. The maximum atomic E-state index is 13.8. The minimum Gasteiger partial charge on any atom is -0.497 e. The number of likely N-dealkylation sites (tertiary alicyclic amines) is 1. The molecule has 3 heterocycles. The molecule has 7 nitrogen and oxygen atoms in total. The van der Waals surface area contributed by atoms with Crippen molar-refractivity contribution in [3.05, 3.63) is 47.5 Å². The van der Waals surface area contributed by atoms with Gasteiger partial charge in [-0.15, -0.1) is 0 Å². The molecular weight excluding hydrogens is 380 g/mol. The molecule has 2 aliphatic rings. The molecule has 1 saturated carbocycles. The van der Waals surface area contributed by atoms with Gasteiger partial charge in [0.25, 0.3) is 5.91 Å². The van der Waals surface area contributed by atoms with Crippen LogP contribution in [0.5, 0.6) is 5.75 Å². The average molecular weight is 406 g/mol. The summed E-state index contributed by atoms with van der Waals surface area (Å²) in [5, 5.41) is 4.18. The standard InChI is InChI=1S/C23H26N4O3/c1-14-18(19-20(26-23(2)9-10-23)24-13-25-21(19)30-14)22(28)27-11-5-8-17(27)15-6-4-7-16(12-15)29-3/h4,6-7,12-13,17H,5,8-11H2,1-3H3,(H,24,25,26). The number of hydrogen-bond acceptors (Lipinski definition) is 6. The zero-order valence-electron chi connectivity index (χ0n) is 17.6. The summed E-state index contributed by atoms with van der Waals surface area (Å²) in [5.74, 6) is 2.03. The minimum atomic E-state index is -0.0321. The lowest BCUT2D eigenvalue weighted by Crippen LogP contribution is -2.31. The molecule has 1 atom stereocenters. The van der Waals surface area contributed by atoms with Crippen LogP contribution in [0.4, 0.5) is 5.82 Å². The molecule has 5 rings (SSSR count). The van der Waals surface area contributed by atoms with Gasteiger partial charge in [0.05, 0.1) is 24.1 Å². The van der Waals surface area contributed by atoms with E-state index in [0.717, 1.165) is 37.0 Å². The molecule has 0 bridgehead atoms. The quantitative estimate of drug-likeness (QED) is 0.673. The summed E-state index contributed by atoms with van der Waals surface area (Å²) in [4.78, 5) is 24.4. The van der Waals surface area contributed by atoms with Crippen molar-refractivity contribution in [1.82, 2.24) is 14.9 Å². The molecule has 1 N–H and O–H groups in total. The summed E-state index contributed by atoms with van der Waals surface area (Å²) >= 11 is 0. The summed E-state index contributed by atoms with van der Waals surface area (Å²) in [6.45, 7) is 4.70. The normalized spacial score (nSPS) is 19.8. The Hall–Kier alpha value is -3.09. The zero-order valence-corrected chi connectivity index (χ0v) is 17.6. The van der Waals surface area contributed by atoms with Gasteiger partial charge in [0, 0.05) is 12.1 Å². The number of methoxy groups -OCH3 is 1. The number of carbonyl (C=O) groups is 1. The molecule has 1 aliphatic heterocycles. The van der Waals surface area contributed by atoms with Crippen LogP contribution in [0.15, 0.2) is 35.0 Å². The number of ether oxygens (including phenoxy) is 1. The first-order valence-electron chi connectivity index (χ1n) is 10.5. The number of furan rings is 1. The Morgan fingerprint density at radius 1 is 1.33 bits per heavy atom. The van der Waals surface area contributed by atoms with Crippen LogP contribution in [0.2, 0.25) is 0 Å². The second-order valence-corrected chi connectivity index (χ2v) is 8.55. The van der Waals surface area contributed by atoms with Gasteiger partial charge in [-0.3, -0.25) is 4.79 Å². The van der Waals surface area contributed by atoms with Crippen LogP contribution in [-0.4, -0.2) is 40.0 Å². The van der Waals surface area contributed by atoms with Gasteiger partial charge in [-0.2, -0.15) is 0 Å². The minimum absolute atomic E-state index is 0.0129. The third-order valence-corrected chi connectivity index (χ3v) is 6.29. The first kappa shape index (κ1) is 18.9. The van der Waals surface area contributed by atoms with Crippen molar-refractivity contribution >= 4 is 22.8 Å². The molecule has 3 aromatic rings. The summed E-state index contributed by atoms with van der Waals surface area (Å²) in [6.07, 6.45) is 5.54. The van der Waals surface area contributed by atoms with Gasteiger partial charge in [0.1, 0.15) is 23.7 Å². The highest BCUT2D eigenvalue weighted by molar-refractivity contribution is 6.10. The highest BCUT2D eigenvalue weighted by Crippen LogP contribution is 2.41. The largest absolute Gasteiger partial charge is 0.497 e. The Bertz CT molecular complexity index is 1120. The van der Waals surface area contributed by atoms with E-state index in [2.05, 4.69) is 28.3 Å². The molecule has 1 saturated heterocycles. The lowest BCUT2D eigenvalue weighted by Gasteiger charge is -2.25. The van der Waals surface area contributed by atoms with Crippen LogP contribution in [0, 0.1) is 6.92 Å². The monoisotopic (exact) mass is 406 g/mol. The summed E-state index contributed by atoms with van der Waals surface area (Å²) in [5.41, 5.74) is 2.14. The van der Waals surface area contributed by atoms with E-state index < -0.39 is 0 Å². The van der Waals surface area contributed by atoms with Gasteiger partial charge >= 0.3 is 0 Å². The fraction of sp³-hybridized carbons (Fsp3) is 0.435. The van der Waals surface area contributed by atoms with E-state index in [4.69, 9.17) is 9.15 Å². The van der Waals surface area contributed by atoms with E-state index in [0.29, 0.717) is 34.8 Å². The Morgan fingerprint density at radius 2 is 2.17 bits per heavy atom. The number of nitrogens with one attached hydrogen (secondary N) is 1. The second-order valence-electron chi connectivity index (χ2n) is 8.55. The molecule has 0 radical (unpaired) electrons. The number of hydrogen-bond donors (Lipinski definition) is 1. The Labute approximate surface area is 175 Å². The van der Waals surface area contributed by atoms with Crippen LogP contribution in [-0.2, 0) is 0 Å². The van der Waals surface area contributed by atoms with Crippen molar-refractivity contribution in [1.29, 1.82) is 0 Å². The molecule has 7 heteroatoms. The maximum absolute atomic E-state index is 13.8. The molecule has 30 heavy (non-hydrogen) atoms. The van der Waals surface area contributed by atoms with Gasteiger partial charge in [-0.05, 0) is 57.2 Å². The van der Waals surface area contributed by atoms with Crippen LogP contribution in [0.25, 0.3) is 11.1 Å². The first-order chi connectivity index (χ1) is 14.5. The van der Waals surface area contributed by atoms with Crippen molar-refractivity contribution in [3.8, 4) is 5.75 Å². The lowest BCUT2D eigenvalue weighted by atomic mass is 10.0. The molecule has 0 spiro atoms. The Kier molecular flexibility index (Phi) is 4.41. The number of rotatable bonds is 5. The van der Waals surface area contributed by atoms with E-state index in [1.807, 2.05) is 30.0 Å². The fourth-order valence-corrected chi connectivity index (χ4v) is 4.34. The van der Waals surface area contributed by atoms with Gasteiger partial charge in [-0.25, -0.2) is 9.97 Å². The smallest absolute Gasteiger partial charge is 0.258 e. The average Bonchev–Trinajstić information content (AvgIpc) is 3.16. The van der Waals surface area contributed by atoms with Crippen molar-refractivity contribution in [2.75, 3.05) is 19.0 Å². The molecule has 1 amide bonds. The molecule has 1 unspecified atom stereocenters. The number of nitrogens with zero attached hydrogens (tertiary/aromatic N) is 3. The van der Waals surface area contributed by atoms with Crippen molar-refractivity contribution in [2.45, 2.75) is 51.1 Å². The van der Waals surface area contributed by atoms with Crippen molar-refractivity contribution in [3.63, 3.8) is 0 Å². The third-order valence-electron chi connectivity index (χ3n) is 6.29. The number of aryl methyl sites for hydroxylation is 1. The molecule has 1 aliphatic carbocycles. The number of aromatic nitrogens is 2. The van der Waals surface area contributed by atoms with E-state index in [1.165, 1.54) is 6.33 Å². The third kappa shape index (κ3) is 3.18. The first-order valence-corrected chi connectivity index (χ1v) is 10.5. The zero-order chi connectivity index (χ0) is 20.9. The van der Waals surface area contributed by atoms with E-state index in [-0.39, 0.29) is 17.5 Å². The number of benzene rings is 1. The maximum Gasteiger partial charge on any atom is 0.258 e. The molecule has 2 aromatic heterocycles. The Balaban J connectivity index is 1.54. The topological polar surface area (TPSA) is 80.5 Å². The second kappa shape index (κ2) is 7.00. The SMILES string of the molecule is COc1cccc(C2CCCN2C(=O)c2c(C)oc3ncnc(NC4(C)CC4)c23)c1. The van der Waals surface area contributed by atoms with Crippen LogP contribution < -0.4 is 10.1 Å². The van der Waals surface area contributed by atoms with Crippen LogP contribution in [0.3, 0.4) is 0 Å². The van der Waals surface area contributed by atoms with Crippen molar-refractivity contribution in [2.24, 2.45) is 0 Å². The summed E-state index contributed by atoms with van der Waals surface area (Å²) in [6, 6.07) is 7.98. The van der Waals surface area contributed by atoms with Gasteiger partial charge < -0.3 is 19.4 Å². The number of fused-ring (bicyclic) bond motifs is 1. The molecule has 156 valence electrons. The summed E-state index contributed by atoms with van der Waals surface area (Å²) < 4.78 is 11.3. The van der Waals surface area contributed by atoms with Crippen molar-refractivity contribution < 1.29 is 13.9 Å². The van der Waals surface area contributed by atoms with E-state index in [9.17, 15) is 4.79 Å². The van der Waals surface area contributed by atoms with Gasteiger partial charge in [0.15, 0.2) is 0 Å². The lowest BCUT2D eigenvalue weighted by molar-refractivity contribution is 0.0735. The predicted molar refractivity (Wildman–Crippen MR) is 114 cm³/mol. The van der Waals surface area contributed by atoms with Crippen LogP contribution >= 0.6 is 0 Å². The number of anilines is 1. The van der Waals surface area contributed by atoms with E-state index in [1.54, 1.807) is 7.11 Å². The highest BCUT2D eigenvalue weighted by atomic mass is 16.5. The Morgan fingerprint density at radius 3 is 2.93 bits per heavy atom. The summed E-state index contributed by atoms with van der Waals surface area (Å²) in [7, 11) is 1.66. The molecule has 1 aromatic carbocycles. The molecular formula is C23H26N4O3. The van der Waals surface area contributed by atoms with Crippen LogP contribution in [0.1, 0.15) is 60.3 Å². The van der Waals surface area contributed by atoms with Gasteiger partial charge in [0.2, 0.25) is 5.71 Å². The predicted octanol–water partition coefficient (Wildman–Crippen LogP) is 4.48. The number of amides is 1. The van der Waals surface area contributed by atoms with E-state index >= 15 is 0 Å². The molecule has 2 fully saturated rings. The highest BCUT2D eigenvalue weighted by Gasteiger charge is 2.39. The van der Waals surface area contributed by atoms with Gasteiger partial charge in [-0.1, -0.05) is 12.1 Å². The number of carbonyl (C=O) groups excluding carboxylic acids is 1.